The number of hydrogen-bond acceptors (Lipinski definition) is 4. The molecule has 1 aliphatic carbocycles. The van der Waals surface area contributed by atoms with Gasteiger partial charge in [-0.25, -0.2) is 9.97 Å². The summed E-state index contributed by atoms with van der Waals surface area (Å²) < 4.78 is 5.25. The minimum Gasteiger partial charge on any atom is -0.384 e. The first-order valence-electron chi connectivity index (χ1n) is 6.99. The van der Waals surface area contributed by atoms with Crippen LogP contribution in [0.4, 0.5) is 5.95 Å². The number of hydrogen-bond donors (Lipinski definition) is 0. The lowest BCUT2D eigenvalue weighted by atomic mass is 9.91. The molecule has 1 saturated heterocycles. The molecule has 0 bridgehead atoms. The molecule has 4 nitrogen and oxygen atoms in total. The van der Waals surface area contributed by atoms with Crippen LogP contribution in [0.25, 0.3) is 0 Å². The van der Waals surface area contributed by atoms with Crippen molar-refractivity contribution >= 4 is 17.5 Å². The van der Waals surface area contributed by atoms with Crippen molar-refractivity contribution in [3.05, 3.63) is 17.4 Å². The zero-order valence-electron chi connectivity index (χ0n) is 11.3. The van der Waals surface area contributed by atoms with Crippen molar-refractivity contribution in [1.29, 1.82) is 0 Å². The van der Waals surface area contributed by atoms with E-state index in [1.165, 1.54) is 19.3 Å². The molecule has 0 unspecified atom stereocenters. The molecular formula is C14H20ClN3O. The maximum atomic E-state index is 5.81. The Morgan fingerprint density at radius 1 is 1.32 bits per heavy atom. The monoisotopic (exact) mass is 281 g/mol. The zero-order valence-corrected chi connectivity index (χ0v) is 12.0. The minimum atomic E-state index is 0.596. The molecule has 3 rings (SSSR count). The lowest BCUT2D eigenvalue weighted by molar-refractivity contribution is 0.173. The van der Waals surface area contributed by atoms with Crippen molar-refractivity contribution in [2.24, 2.45) is 17.8 Å². The molecule has 0 aromatic carbocycles. The summed E-state index contributed by atoms with van der Waals surface area (Å²) in [5.74, 6) is 3.39. The van der Waals surface area contributed by atoms with E-state index in [0.29, 0.717) is 5.02 Å². The first-order chi connectivity index (χ1) is 9.28. The average molecular weight is 282 g/mol. The third-order valence-corrected chi connectivity index (χ3v) is 4.59. The number of piperidine rings is 1. The second-order valence-corrected chi connectivity index (χ2v) is 6.08. The van der Waals surface area contributed by atoms with E-state index < -0.39 is 0 Å². The van der Waals surface area contributed by atoms with E-state index in [0.717, 1.165) is 43.4 Å². The van der Waals surface area contributed by atoms with Crippen LogP contribution in [0.2, 0.25) is 5.02 Å². The van der Waals surface area contributed by atoms with Crippen LogP contribution >= 0.6 is 11.6 Å². The van der Waals surface area contributed by atoms with Crippen molar-refractivity contribution in [2.45, 2.75) is 19.3 Å². The van der Waals surface area contributed by atoms with Gasteiger partial charge in [0.15, 0.2) is 0 Å². The van der Waals surface area contributed by atoms with E-state index in [1.54, 1.807) is 19.5 Å². The third kappa shape index (κ3) is 3.00. The van der Waals surface area contributed by atoms with Crippen molar-refractivity contribution in [3.63, 3.8) is 0 Å². The van der Waals surface area contributed by atoms with Gasteiger partial charge < -0.3 is 9.64 Å². The van der Waals surface area contributed by atoms with Crippen molar-refractivity contribution < 1.29 is 4.74 Å². The summed E-state index contributed by atoms with van der Waals surface area (Å²) in [6.45, 7) is 3.05. The first-order valence-corrected chi connectivity index (χ1v) is 7.37. The fourth-order valence-corrected chi connectivity index (χ4v) is 3.35. The Morgan fingerprint density at radius 3 is 2.63 bits per heavy atom. The number of rotatable bonds is 4. The molecule has 104 valence electrons. The van der Waals surface area contributed by atoms with Crippen LogP contribution in [0.5, 0.6) is 0 Å². The Balaban J connectivity index is 1.51. The van der Waals surface area contributed by atoms with Crippen LogP contribution in [0.3, 0.4) is 0 Å². The van der Waals surface area contributed by atoms with Gasteiger partial charge in [-0.2, -0.15) is 0 Å². The normalized spacial score (nSPS) is 27.6. The number of anilines is 1. The van der Waals surface area contributed by atoms with Gasteiger partial charge in [0.2, 0.25) is 5.95 Å². The van der Waals surface area contributed by atoms with Crippen LogP contribution in [0, 0.1) is 17.8 Å². The number of ether oxygens (including phenoxy) is 1. The molecule has 2 aliphatic rings. The van der Waals surface area contributed by atoms with Crippen LogP contribution in [0.15, 0.2) is 12.4 Å². The van der Waals surface area contributed by atoms with E-state index in [2.05, 4.69) is 14.9 Å². The molecule has 19 heavy (non-hydrogen) atoms. The minimum absolute atomic E-state index is 0.596. The smallest absolute Gasteiger partial charge is 0.225 e. The van der Waals surface area contributed by atoms with Crippen LogP contribution < -0.4 is 4.90 Å². The summed E-state index contributed by atoms with van der Waals surface area (Å²) in [6, 6.07) is 0. The highest BCUT2D eigenvalue weighted by molar-refractivity contribution is 6.30. The van der Waals surface area contributed by atoms with Crippen molar-refractivity contribution in [3.8, 4) is 0 Å². The van der Waals surface area contributed by atoms with Gasteiger partial charge in [0.05, 0.1) is 17.4 Å². The number of aromatic nitrogens is 2. The molecular weight excluding hydrogens is 262 g/mol. The third-order valence-electron chi connectivity index (χ3n) is 4.39. The largest absolute Gasteiger partial charge is 0.384 e. The molecule has 2 atom stereocenters. The number of methoxy groups -OCH3 is 1. The molecule has 1 saturated carbocycles. The van der Waals surface area contributed by atoms with E-state index >= 15 is 0 Å². The highest BCUT2D eigenvalue weighted by Gasteiger charge is 2.43. The highest BCUT2D eigenvalue weighted by atomic mass is 35.5. The second kappa shape index (κ2) is 5.63. The Morgan fingerprint density at radius 2 is 2.00 bits per heavy atom. The lowest BCUT2D eigenvalue weighted by Crippen LogP contribution is -2.35. The molecule has 1 aromatic heterocycles. The molecule has 0 N–H and O–H groups in total. The summed E-state index contributed by atoms with van der Waals surface area (Å²) >= 11 is 5.81. The van der Waals surface area contributed by atoms with Gasteiger partial charge in [-0.15, -0.1) is 0 Å². The van der Waals surface area contributed by atoms with Gasteiger partial charge in [-0.1, -0.05) is 11.6 Å². The van der Waals surface area contributed by atoms with E-state index in [1.807, 2.05) is 0 Å². The molecule has 1 aromatic rings. The SMILES string of the molecule is COC[C@@H]1C[C@@H]1C1CCN(c2ncc(Cl)cn2)CC1. The average Bonchev–Trinajstić information content (AvgIpc) is 3.20. The Hall–Kier alpha value is -0.870. The topological polar surface area (TPSA) is 38.2 Å². The van der Waals surface area contributed by atoms with E-state index in [-0.39, 0.29) is 0 Å². The summed E-state index contributed by atoms with van der Waals surface area (Å²) in [7, 11) is 1.80. The van der Waals surface area contributed by atoms with E-state index in [9.17, 15) is 0 Å². The standard InChI is InChI=1S/C14H20ClN3O/c1-19-9-11-6-13(11)10-2-4-18(5-3-10)14-16-7-12(15)8-17-14/h7-8,10-11,13H,2-6,9H2,1H3/t11-,13+/m0/s1. The van der Waals surface area contributed by atoms with Gasteiger partial charge in [0.1, 0.15) is 0 Å². The summed E-state index contributed by atoms with van der Waals surface area (Å²) in [4.78, 5) is 10.9. The van der Waals surface area contributed by atoms with E-state index in [4.69, 9.17) is 16.3 Å². The van der Waals surface area contributed by atoms with Gasteiger partial charge in [-0.3, -0.25) is 0 Å². The van der Waals surface area contributed by atoms with Crippen molar-refractivity contribution in [1.82, 2.24) is 9.97 Å². The number of halogens is 1. The van der Waals surface area contributed by atoms with Crippen molar-refractivity contribution in [2.75, 3.05) is 31.7 Å². The highest BCUT2D eigenvalue weighted by Crippen LogP contribution is 2.48. The predicted octanol–water partition coefficient (Wildman–Crippen LogP) is 2.63. The van der Waals surface area contributed by atoms with Crippen LogP contribution in [-0.4, -0.2) is 36.8 Å². The Labute approximate surface area is 119 Å². The maximum Gasteiger partial charge on any atom is 0.225 e. The summed E-state index contributed by atoms with van der Waals surface area (Å²) in [5, 5.41) is 0.596. The lowest BCUT2D eigenvalue weighted by Gasteiger charge is -2.32. The quantitative estimate of drug-likeness (QED) is 0.850. The molecule has 2 heterocycles. The summed E-state index contributed by atoms with van der Waals surface area (Å²) in [5.41, 5.74) is 0. The Bertz CT molecular complexity index is 417. The molecule has 0 radical (unpaired) electrons. The molecule has 5 heteroatoms. The molecule has 0 spiro atoms. The first kappa shape index (κ1) is 13.1. The summed E-state index contributed by atoms with van der Waals surface area (Å²) in [6.07, 6.45) is 7.20. The molecule has 2 fully saturated rings. The predicted molar refractivity (Wildman–Crippen MR) is 75.5 cm³/mol. The van der Waals surface area contributed by atoms with Gasteiger partial charge in [0, 0.05) is 26.8 Å². The van der Waals surface area contributed by atoms with Gasteiger partial charge >= 0.3 is 0 Å². The van der Waals surface area contributed by atoms with Crippen LogP contribution in [0.1, 0.15) is 19.3 Å². The van der Waals surface area contributed by atoms with Gasteiger partial charge in [-0.05, 0) is 37.0 Å². The number of nitrogens with zero attached hydrogens (tertiary/aromatic N) is 3. The Kier molecular flexibility index (Phi) is 3.89. The van der Waals surface area contributed by atoms with Gasteiger partial charge in [0.25, 0.3) is 0 Å². The molecule has 0 amide bonds. The molecule has 1 aliphatic heterocycles. The van der Waals surface area contributed by atoms with Crippen LogP contribution in [-0.2, 0) is 4.74 Å². The zero-order chi connectivity index (χ0) is 13.2. The fourth-order valence-electron chi connectivity index (χ4n) is 3.25. The second-order valence-electron chi connectivity index (χ2n) is 5.64. The fraction of sp³-hybridized carbons (Fsp3) is 0.714. The maximum absolute atomic E-state index is 5.81.